The van der Waals surface area contributed by atoms with Crippen LogP contribution in [0.3, 0.4) is 0 Å². The number of carboxylic acid groups (broad SMARTS) is 1. The molecule has 0 aromatic carbocycles. The van der Waals surface area contributed by atoms with Gasteiger partial charge < -0.3 is 10.1 Å². The Kier molecular flexibility index (Phi) is 5.63. The number of carbonyl (C=O) groups is 1. The summed E-state index contributed by atoms with van der Waals surface area (Å²) in [7, 11) is 0. The molecule has 0 spiro atoms. The average molecular weight is 203 g/mol. The largest absolute Gasteiger partial charge is 0.478 e. The second-order valence-electron chi connectivity index (χ2n) is 2.32. The molecule has 0 aliphatic rings. The van der Waals surface area contributed by atoms with Crippen LogP contribution in [-0.4, -0.2) is 21.0 Å². The van der Waals surface area contributed by atoms with Gasteiger partial charge in [0.2, 0.25) is 0 Å². The number of allylic oxidation sites excluding steroid dienone is 1. The number of H-pyrrole nitrogens is 1. The Balaban J connectivity index is 0.00000144. The fourth-order valence-electron chi connectivity index (χ4n) is 0.839. The molecule has 2 N–H and O–H groups in total. The number of halogens is 1. The van der Waals surface area contributed by atoms with Crippen LogP contribution in [0.25, 0.3) is 0 Å². The van der Waals surface area contributed by atoms with E-state index in [0.717, 1.165) is 18.3 Å². The van der Waals surface area contributed by atoms with Gasteiger partial charge in [-0.1, -0.05) is 6.08 Å². The van der Waals surface area contributed by atoms with Gasteiger partial charge in [-0.15, -0.1) is 12.4 Å². The fraction of sp³-hybridized carbons (Fsp3) is 0.250. The topological polar surface area (TPSA) is 66.0 Å². The molecule has 0 amide bonds. The van der Waals surface area contributed by atoms with Gasteiger partial charge in [0.25, 0.3) is 0 Å². The highest BCUT2D eigenvalue weighted by molar-refractivity contribution is 5.85. The van der Waals surface area contributed by atoms with Crippen molar-refractivity contribution >= 4 is 18.4 Å². The Morgan fingerprint density at radius 3 is 3.00 bits per heavy atom. The fourth-order valence-corrected chi connectivity index (χ4v) is 0.839. The number of hydrogen-bond donors (Lipinski definition) is 2. The van der Waals surface area contributed by atoms with Crippen LogP contribution in [-0.2, 0) is 11.2 Å². The normalized spacial score (nSPS) is 9.85. The molecule has 0 atom stereocenters. The lowest BCUT2D eigenvalue weighted by Crippen LogP contribution is -1.88. The maximum atomic E-state index is 10.1. The number of imidazole rings is 1. The standard InChI is InChI=1S/C8H10N2O2.ClH/c11-8(12)4-2-1-3-7-9-5-6-10-7;/h2,4-6H,1,3H2,(H,9,10)(H,11,12);1H/b4-2+;. The van der Waals surface area contributed by atoms with E-state index in [9.17, 15) is 4.79 Å². The quantitative estimate of drug-likeness (QED) is 0.726. The lowest BCUT2D eigenvalue weighted by molar-refractivity contribution is -0.131. The van der Waals surface area contributed by atoms with Crippen molar-refractivity contribution in [2.45, 2.75) is 12.8 Å². The minimum absolute atomic E-state index is 0. The molecule has 0 saturated heterocycles. The second kappa shape index (κ2) is 6.25. The number of aliphatic carboxylic acids is 1. The third kappa shape index (κ3) is 5.03. The number of aromatic nitrogens is 2. The lowest BCUT2D eigenvalue weighted by Gasteiger charge is -1.89. The zero-order chi connectivity index (χ0) is 8.81. The first-order valence-electron chi connectivity index (χ1n) is 3.67. The SMILES string of the molecule is Cl.O=C(O)/C=C/CCc1ncc[nH]1. The summed E-state index contributed by atoms with van der Waals surface area (Å²) in [6.45, 7) is 0. The van der Waals surface area contributed by atoms with Gasteiger partial charge in [-0.25, -0.2) is 9.78 Å². The van der Waals surface area contributed by atoms with Gasteiger partial charge >= 0.3 is 5.97 Å². The lowest BCUT2D eigenvalue weighted by atomic mass is 10.3. The molecular weight excluding hydrogens is 192 g/mol. The maximum absolute atomic E-state index is 10.1. The number of nitrogens with zero attached hydrogens (tertiary/aromatic N) is 1. The molecule has 4 nitrogen and oxygen atoms in total. The van der Waals surface area contributed by atoms with Crippen molar-refractivity contribution in [1.29, 1.82) is 0 Å². The predicted molar refractivity (Wildman–Crippen MR) is 50.9 cm³/mol. The number of aryl methyl sites for hydroxylation is 1. The first-order valence-corrected chi connectivity index (χ1v) is 3.67. The molecule has 0 radical (unpaired) electrons. The van der Waals surface area contributed by atoms with Crippen LogP contribution in [0.1, 0.15) is 12.2 Å². The van der Waals surface area contributed by atoms with Crippen molar-refractivity contribution in [2.75, 3.05) is 0 Å². The minimum Gasteiger partial charge on any atom is -0.478 e. The molecule has 0 saturated carbocycles. The summed E-state index contributed by atoms with van der Waals surface area (Å²) in [5.41, 5.74) is 0. The average Bonchev–Trinajstić information content (AvgIpc) is 2.49. The molecule has 1 aromatic rings. The van der Waals surface area contributed by atoms with Gasteiger partial charge in [0.15, 0.2) is 0 Å². The number of nitrogens with one attached hydrogen (secondary N) is 1. The van der Waals surface area contributed by atoms with E-state index in [4.69, 9.17) is 5.11 Å². The molecule has 0 aliphatic heterocycles. The van der Waals surface area contributed by atoms with E-state index in [2.05, 4.69) is 9.97 Å². The second-order valence-corrected chi connectivity index (χ2v) is 2.32. The van der Waals surface area contributed by atoms with Crippen LogP contribution in [0.15, 0.2) is 24.5 Å². The van der Waals surface area contributed by atoms with E-state index in [1.807, 2.05) is 0 Å². The minimum atomic E-state index is -0.908. The van der Waals surface area contributed by atoms with Gasteiger partial charge in [0.05, 0.1) is 0 Å². The molecule has 1 aromatic heterocycles. The highest BCUT2D eigenvalue weighted by Gasteiger charge is 1.91. The first kappa shape index (κ1) is 11.7. The number of rotatable bonds is 4. The van der Waals surface area contributed by atoms with Crippen molar-refractivity contribution < 1.29 is 9.90 Å². The van der Waals surface area contributed by atoms with E-state index >= 15 is 0 Å². The molecule has 0 unspecified atom stereocenters. The van der Waals surface area contributed by atoms with Gasteiger partial charge in [0, 0.05) is 24.9 Å². The van der Waals surface area contributed by atoms with Gasteiger partial charge in [-0.05, 0) is 6.42 Å². The van der Waals surface area contributed by atoms with Crippen molar-refractivity contribution in [3.05, 3.63) is 30.4 Å². The third-order valence-electron chi connectivity index (χ3n) is 1.36. The summed E-state index contributed by atoms with van der Waals surface area (Å²) >= 11 is 0. The molecule has 5 heteroatoms. The summed E-state index contributed by atoms with van der Waals surface area (Å²) in [5.74, 6) is -0.0283. The zero-order valence-electron chi connectivity index (χ0n) is 6.93. The molecule has 1 heterocycles. The molecule has 13 heavy (non-hydrogen) atoms. The molecule has 72 valence electrons. The summed E-state index contributed by atoms with van der Waals surface area (Å²) < 4.78 is 0. The van der Waals surface area contributed by atoms with Crippen LogP contribution in [0, 0.1) is 0 Å². The summed E-state index contributed by atoms with van der Waals surface area (Å²) in [6.07, 6.45) is 7.62. The van der Waals surface area contributed by atoms with Gasteiger partial charge in [-0.2, -0.15) is 0 Å². The molecular formula is C8H11ClN2O2. The first-order chi connectivity index (χ1) is 5.79. The molecule has 0 fully saturated rings. The summed E-state index contributed by atoms with van der Waals surface area (Å²) in [6, 6.07) is 0. The Morgan fingerprint density at radius 1 is 1.69 bits per heavy atom. The van der Waals surface area contributed by atoms with E-state index in [1.165, 1.54) is 0 Å². The summed E-state index contributed by atoms with van der Waals surface area (Å²) in [5, 5.41) is 8.26. The van der Waals surface area contributed by atoms with Crippen molar-refractivity contribution in [1.82, 2.24) is 9.97 Å². The zero-order valence-corrected chi connectivity index (χ0v) is 7.75. The van der Waals surface area contributed by atoms with Crippen molar-refractivity contribution in [3.63, 3.8) is 0 Å². The maximum Gasteiger partial charge on any atom is 0.327 e. The van der Waals surface area contributed by atoms with Crippen LogP contribution >= 0.6 is 12.4 Å². The number of hydrogen-bond acceptors (Lipinski definition) is 2. The Bertz CT molecular complexity index is 270. The Hall–Kier alpha value is -1.29. The van der Waals surface area contributed by atoms with E-state index in [-0.39, 0.29) is 12.4 Å². The number of aromatic amines is 1. The van der Waals surface area contributed by atoms with E-state index in [0.29, 0.717) is 6.42 Å². The van der Waals surface area contributed by atoms with Gasteiger partial charge in [0.1, 0.15) is 5.82 Å². The number of carboxylic acids is 1. The monoisotopic (exact) mass is 202 g/mol. The molecule has 0 bridgehead atoms. The van der Waals surface area contributed by atoms with Crippen LogP contribution < -0.4 is 0 Å². The Labute approximate surface area is 82.1 Å². The third-order valence-corrected chi connectivity index (χ3v) is 1.36. The smallest absolute Gasteiger partial charge is 0.327 e. The predicted octanol–water partition coefficient (Wildman–Crippen LogP) is 1.40. The highest BCUT2D eigenvalue weighted by atomic mass is 35.5. The van der Waals surface area contributed by atoms with Crippen molar-refractivity contribution in [3.8, 4) is 0 Å². The van der Waals surface area contributed by atoms with Gasteiger partial charge in [-0.3, -0.25) is 0 Å². The molecule has 0 aliphatic carbocycles. The Morgan fingerprint density at radius 2 is 2.46 bits per heavy atom. The van der Waals surface area contributed by atoms with E-state index < -0.39 is 5.97 Å². The van der Waals surface area contributed by atoms with Crippen molar-refractivity contribution in [2.24, 2.45) is 0 Å². The van der Waals surface area contributed by atoms with Crippen LogP contribution in [0.2, 0.25) is 0 Å². The highest BCUT2D eigenvalue weighted by Crippen LogP contribution is 1.95. The van der Waals surface area contributed by atoms with Crippen LogP contribution in [0.5, 0.6) is 0 Å². The van der Waals surface area contributed by atoms with Crippen LogP contribution in [0.4, 0.5) is 0 Å². The molecule has 1 rings (SSSR count). The van der Waals surface area contributed by atoms with E-state index in [1.54, 1.807) is 18.5 Å². The summed E-state index contributed by atoms with van der Waals surface area (Å²) in [4.78, 5) is 17.0.